The minimum Gasteiger partial charge on any atom is -0.375 e. The lowest BCUT2D eigenvalue weighted by atomic mass is 10.3. The van der Waals surface area contributed by atoms with Crippen LogP contribution in [0.2, 0.25) is 0 Å². The molecule has 5 heteroatoms. The molecule has 2 aromatic heterocycles. The van der Waals surface area contributed by atoms with Crippen molar-refractivity contribution < 1.29 is 4.57 Å². The van der Waals surface area contributed by atoms with Gasteiger partial charge in [-0.3, -0.25) is 0 Å². The first-order valence-electron chi connectivity index (χ1n) is 5.14. The van der Waals surface area contributed by atoms with Gasteiger partial charge in [0, 0.05) is 5.52 Å². The highest BCUT2D eigenvalue weighted by atomic mass is 79.9. The molecule has 0 radical (unpaired) electrons. The van der Waals surface area contributed by atoms with Crippen molar-refractivity contribution in [2.75, 3.05) is 6.26 Å². The first-order chi connectivity index (χ1) is 7.79. The van der Waals surface area contributed by atoms with E-state index in [0.29, 0.717) is 0 Å². The summed E-state index contributed by atoms with van der Waals surface area (Å²) in [6, 6.07) is 2.02. The highest BCUT2D eigenvalue weighted by Gasteiger charge is 2.22. The van der Waals surface area contributed by atoms with Crippen molar-refractivity contribution in [2.45, 2.75) is 24.4 Å². The first-order valence-corrected chi connectivity index (χ1v) is 7.16. The number of rotatable bonds is 1. The highest BCUT2D eigenvalue weighted by molar-refractivity contribution is 9.10. The number of hydrogen-bond donors (Lipinski definition) is 0. The number of fused-ring (bicyclic) bond motifs is 3. The zero-order chi connectivity index (χ0) is 11.1. The van der Waals surface area contributed by atoms with Crippen molar-refractivity contribution in [1.82, 2.24) is 9.97 Å². The molecule has 0 aromatic carbocycles. The second-order valence-corrected chi connectivity index (χ2v) is 5.35. The Hall–Kier alpha value is -0.680. The molecule has 82 valence electrons. The second kappa shape index (κ2) is 3.96. The van der Waals surface area contributed by atoms with Crippen LogP contribution in [0.3, 0.4) is 0 Å². The lowest BCUT2D eigenvalue weighted by Gasteiger charge is -2.09. The Morgan fingerprint density at radius 3 is 3.25 bits per heavy atom. The van der Waals surface area contributed by atoms with Crippen molar-refractivity contribution in [3.63, 3.8) is 0 Å². The van der Waals surface area contributed by atoms with Crippen LogP contribution in [0, 0.1) is 6.20 Å². The number of aromatic nitrogens is 3. The van der Waals surface area contributed by atoms with Gasteiger partial charge in [-0.05, 0) is 28.9 Å². The third-order valence-corrected chi connectivity index (χ3v) is 3.91. The minimum atomic E-state index is 0.815. The van der Waals surface area contributed by atoms with E-state index in [4.69, 9.17) is 4.98 Å². The predicted octanol–water partition coefficient (Wildman–Crippen LogP) is 2.15. The maximum atomic E-state index is 4.70. The molecule has 0 saturated carbocycles. The van der Waals surface area contributed by atoms with Crippen molar-refractivity contribution in [1.29, 1.82) is 0 Å². The number of halogens is 1. The summed E-state index contributed by atoms with van der Waals surface area (Å²) in [6.45, 7) is 1.04. The minimum absolute atomic E-state index is 0.815. The van der Waals surface area contributed by atoms with Crippen LogP contribution in [0.1, 0.15) is 12.2 Å². The molecule has 1 aliphatic rings. The van der Waals surface area contributed by atoms with Gasteiger partial charge in [0.1, 0.15) is 0 Å². The first kappa shape index (κ1) is 10.5. The quantitative estimate of drug-likeness (QED) is 0.265. The molecule has 0 spiro atoms. The van der Waals surface area contributed by atoms with Gasteiger partial charge >= 0.3 is 0 Å². The summed E-state index contributed by atoms with van der Waals surface area (Å²) >= 11 is 5.07. The van der Waals surface area contributed by atoms with Crippen LogP contribution in [-0.2, 0) is 13.0 Å². The van der Waals surface area contributed by atoms with E-state index in [-0.39, 0.29) is 0 Å². The third kappa shape index (κ3) is 1.53. The van der Waals surface area contributed by atoms with E-state index in [1.54, 1.807) is 11.8 Å². The fraction of sp³-hybridized carbons (Fsp3) is 0.364. The largest absolute Gasteiger partial charge is 0.375 e. The van der Waals surface area contributed by atoms with Crippen LogP contribution in [-0.4, -0.2) is 16.2 Å². The van der Waals surface area contributed by atoms with Gasteiger partial charge in [-0.2, -0.15) is 0 Å². The molecule has 3 rings (SSSR count). The lowest BCUT2D eigenvalue weighted by molar-refractivity contribution is -0.668. The Morgan fingerprint density at radius 1 is 1.56 bits per heavy atom. The molecule has 3 heterocycles. The normalized spacial score (nSPS) is 14.4. The maximum absolute atomic E-state index is 4.70. The SMILES string of the molecule is CSc1nc2[n+](c3[c-]nc(Br)cc13)CCC2. The zero-order valence-corrected chi connectivity index (χ0v) is 11.2. The molecule has 0 bridgehead atoms. The summed E-state index contributed by atoms with van der Waals surface area (Å²) in [5.41, 5.74) is 1.08. The molecule has 0 unspecified atom stereocenters. The molecule has 0 aliphatic carbocycles. The number of thioether (sulfide) groups is 1. The van der Waals surface area contributed by atoms with E-state index in [1.165, 1.54) is 6.42 Å². The van der Waals surface area contributed by atoms with Gasteiger partial charge < -0.3 is 4.98 Å². The Bertz CT molecular complexity index is 571. The Balaban J connectivity index is 2.41. The van der Waals surface area contributed by atoms with Crippen LogP contribution in [0.25, 0.3) is 10.9 Å². The maximum Gasteiger partial charge on any atom is 0.297 e. The third-order valence-electron chi connectivity index (χ3n) is 2.81. The average molecular weight is 296 g/mol. The van der Waals surface area contributed by atoms with E-state index in [1.807, 2.05) is 6.07 Å². The van der Waals surface area contributed by atoms with Crippen molar-refractivity contribution in [3.8, 4) is 0 Å². The standard InChI is InChI=1S/C11H10BrN3S/c1-16-11-7-5-9(12)13-6-8(7)15-4-2-3-10(15)14-11/h5H,2-4H2,1H3. The van der Waals surface area contributed by atoms with Gasteiger partial charge in [-0.1, -0.05) is 16.7 Å². The Labute approximate surface area is 106 Å². The topological polar surface area (TPSA) is 29.7 Å². The Kier molecular flexibility index (Phi) is 2.59. The number of nitrogens with zero attached hydrogens (tertiary/aromatic N) is 3. The fourth-order valence-electron chi connectivity index (χ4n) is 2.10. The summed E-state index contributed by atoms with van der Waals surface area (Å²) in [5, 5.41) is 2.21. The second-order valence-electron chi connectivity index (χ2n) is 3.75. The molecule has 3 nitrogen and oxygen atoms in total. The average Bonchev–Trinajstić information content (AvgIpc) is 2.75. The van der Waals surface area contributed by atoms with E-state index < -0.39 is 0 Å². The lowest BCUT2D eigenvalue weighted by Crippen LogP contribution is -2.35. The van der Waals surface area contributed by atoms with Crippen molar-refractivity contribution in [3.05, 3.63) is 22.7 Å². The van der Waals surface area contributed by atoms with Crippen LogP contribution < -0.4 is 4.57 Å². The van der Waals surface area contributed by atoms with Gasteiger partial charge in [0.25, 0.3) is 5.82 Å². The summed E-state index contributed by atoms with van der Waals surface area (Å²) in [7, 11) is 0. The van der Waals surface area contributed by atoms with Crippen molar-refractivity contribution >= 4 is 38.6 Å². The molecular formula is C11H10BrN3S. The van der Waals surface area contributed by atoms with Crippen LogP contribution >= 0.6 is 27.7 Å². The van der Waals surface area contributed by atoms with Gasteiger partial charge in [0.05, 0.1) is 13.0 Å². The van der Waals surface area contributed by atoms with Gasteiger partial charge in [-0.15, -0.1) is 22.0 Å². The summed E-state index contributed by atoms with van der Waals surface area (Å²) in [4.78, 5) is 8.89. The van der Waals surface area contributed by atoms with E-state index in [2.05, 4.69) is 37.9 Å². The summed E-state index contributed by atoms with van der Waals surface area (Å²) in [6.07, 6.45) is 7.40. The smallest absolute Gasteiger partial charge is 0.297 e. The predicted molar refractivity (Wildman–Crippen MR) is 66.4 cm³/mol. The fourth-order valence-corrected chi connectivity index (χ4v) is 2.99. The van der Waals surface area contributed by atoms with Crippen LogP contribution in [0.15, 0.2) is 15.7 Å². The van der Waals surface area contributed by atoms with Gasteiger partial charge in [0.2, 0.25) is 0 Å². The molecule has 0 atom stereocenters. The molecule has 2 aromatic rings. The molecule has 1 aliphatic heterocycles. The number of pyridine rings is 1. The van der Waals surface area contributed by atoms with Crippen LogP contribution in [0.4, 0.5) is 0 Å². The highest BCUT2D eigenvalue weighted by Crippen LogP contribution is 2.25. The molecule has 0 saturated heterocycles. The molecule has 0 amide bonds. The van der Waals surface area contributed by atoms with E-state index in [0.717, 1.165) is 39.3 Å². The molecule has 0 N–H and O–H groups in total. The number of aryl methyl sites for hydroxylation is 2. The molecular weight excluding hydrogens is 286 g/mol. The monoisotopic (exact) mass is 295 g/mol. The number of hydrogen-bond acceptors (Lipinski definition) is 3. The summed E-state index contributed by atoms with van der Waals surface area (Å²) in [5.74, 6) is 1.16. The Morgan fingerprint density at radius 2 is 2.44 bits per heavy atom. The van der Waals surface area contributed by atoms with E-state index >= 15 is 0 Å². The van der Waals surface area contributed by atoms with E-state index in [9.17, 15) is 0 Å². The summed E-state index contributed by atoms with van der Waals surface area (Å²) < 4.78 is 3.05. The van der Waals surface area contributed by atoms with Crippen molar-refractivity contribution in [2.24, 2.45) is 0 Å². The van der Waals surface area contributed by atoms with Crippen LogP contribution in [0.5, 0.6) is 0 Å². The zero-order valence-electron chi connectivity index (χ0n) is 8.83. The van der Waals surface area contributed by atoms with Gasteiger partial charge in [0.15, 0.2) is 5.03 Å². The molecule has 16 heavy (non-hydrogen) atoms. The van der Waals surface area contributed by atoms with Gasteiger partial charge in [-0.25, -0.2) is 4.57 Å². The molecule has 0 fully saturated rings.